The van der Waals surface area contributed by atoms with Gasteiger partial charge in [-0.1, -0.05) is 13.0 Å². The van der Waals surface area contributed by atoms with Crippen LogP contribution in [0.4, 0.5) is 11.5 Å². The number of halogens is 1. The fourth-order valence-electron chi connectivity index (χ4n) is 3.61. The number of anilines is 2. The van der Waals surface area contributed by atoms with Crippen LogP contribution in [0.3, 0.4) is 0 Å². The fraction of sp³-hybridized carbons (Fsp3) is 0.409. The number of ether oxygens (including phenoxy) is 2. The molecule has 0 atom stereocenters. The number of nitrogens with one attached hydrogen (secondary N) is 1. The van der Waals surface area contributed by atoms with Crippen molar-refractivity contribution >= 4 is 35.7 Å². The molecule has 1 aromatic heterocycles. The molecule has 3 rings (SSSR count). The van der Waals surface area contributed by atoms with E-state index in [1.54, 1.807) is 31.9 Å². The largest absolute Gasteiger partial charge is 0.496 e. The molecule has 31 heavy (non-hydrogen) atoms. The Bertz CT molecular complexity index is 968. The lowest BCUT2D eigenvalue weighted by Crippen LogP contribution is -2.54. The summed E-state index contributed by atoms with van der Waals surface area (Å²) in [6, 6.07) is 7.35. The summed E-state index contributed by atoms with van der Waals surface area (Å²) in [6.07, 6.45) is 0.669. The molecule has 1 aromatic carbocycles. The number of nitrogen functional groups attached to an aromatic ring is 1. The number of methoxy groups -OCH3 is 1. The second kappa shape index (κ2) is 9.43. The van der Waals surface area contributed by atoms with Gasteiger partial charge in [-0.25, -0.2) is 4.98 Å². The Balaban J connectivity index is 0.00000341. The number of benzene rings is 1. The minimum atomic E-state index is -1.00. The zero-order valence-electron chi connectivity index (χ0n) is 18.4. The van der Waals surface area contributed by atoms with Gasteiger partial charge in [-0.3, -0.25) is 9.59 Å². The highest BCUT2D eigenvalue weighted by molar-refractivity contribution is 6.03. The Labute approximate surface area is 188 Å². The summed E-state index contributed by atoms with van der Waals surface area (Å²) in [5.41, 5.74) is 8.04. The molecule has 2 amide bonds. The predicted molar refractivity (Wildman–Crippen MR) is 123 cm³/mol. The van der Waals surface area contributed by atoms with Crippen molar-refractivity contribution < 1.29 is 19.1 Å². The molecule has 0 aliphatic carbocycles. The molecule has 1 aliphatic rings. The molecule has 0 saturated carbocycles. The van der Waals surface area contributed by atoms with E-state index in [4.69, 9.17) is 15.2 Å². The minimum absolute atomic E-state index is 0. The van der Waals surface area contributed by atoms with Gasteiger partial charge in [0.25, 0.3) is 5.91 Å². The molecule has 2 aromatic rings. The van der Waals surface area contributed by atoms with Crippen LogP contribution in [0.25, 0.3) is 11.1 Å². The Morgan fingerprint density at radius 2 is 2.03 bits per heavy atom. The van der Waals surface area contributed by atoms with Crippen LogP contribution < -0.4 is 25.4 Å². The van der Waals surface area contributed by atoms with Crippen LogP contribution in [-0.2, 0) is 16.0 Å². The molecule has 0 radical (unpaired) electrons. The first-order valence-electron chi connectivity index (χ1n) is 9.91. The summed E-state index contributed by atoms with van der Waals surface area (Å²) in [5, 5.41) is 2.74. The third-order valence-corrected chi connectivity index (χ3v) is 5.01. The number of carbonyl (C=O) groups excluding carboxylic acids is 2. The number of carbonyl (C=O) groups is 2. The van der Waals surface area contributed by atoms with Crippen LogP contribution >= 0.6 is 12.4 Å². The van der Waals surface area contributed by atoms with Gasteiger partial charge in [0.05, 0.1) is 18.5 Å². The van der Waals surface area contributed by atoms with Gasteiger partial charge in [-0.05, 0) is 38.0 Å². The van der Waals surface area contributed by atoms with Gasteiger partial charge in [0.15, 0.2) is 5.60 Å². The number of pyridine rings is 1. The van der Waals surface area contributed by atoms with E-state index in [0.29, 0.717) is 42.5 Å². The molecule has 0 fully saturated rings. The Kier molecular flexibility index (Phi) is 7.38. The Morgan fingerprint density at radius 3 is 2.65 bits per heavy atom. The van der Waals surface area contributed by atoms with E-state index in [1.807, 2.05) is 25.1 Å². The van der Waals surface area contributed by atoms with Gasteiger partial charge >= 0.3 is 0 Å². The van der Waals surface area contributed by atoms with Gasteiger partial charge in [-0.15, -0.1) is 12.4 Å². The summed E-state index contributed by atoms with van der Waals surface area (Å²) in [7, 11) is 1.59. The highest BCUT2D eigenvalue weighted by Gasteiger charge is 2.41. The number of amides is 2. The van der Waals surface area contributed by atoms with Crippen molar-refractivity contribution in [3.05, 3.63) is 30.0 Å². The molecule has 1 aliphatic heterocycles. The first-order valence-corrected chi connectivity index (χ1v) is 9.91. The summed E-state index contributed by atoms with van der Waals surface area (Å²) in [5.74, 6) is 1.30. The maximum atomic E-state index is 13.1. The van der Waals surface area contributed by atoms with Crippen LogP contribution in [-0.4, -0.2) is 42.6 Å². The Morgan fingerprint density at radius 1 is 1.32 bits per heavy atom. The van der Waals surface area contributed by atoms with Gasteiger partial charge < -0.3 is 25.4 Å². The van der Waals surface area contributed by atoms with Crippen LogP contribution in [0.15, 0.2) is 24.3 Å². The number of fused-ring (bicyclic) bond motifs is 1. The molecule has 0 saturated heterocycles. The molecule has 168 valence electrons. The minimum Gasteiger partial charge on any atom is -0.496 e. The van der Waals surface area contributed by atoms with Crippen molar-refractivity contribution in [2.24, 2.45) is 0 Å². The van der Waals surface area contributed by atoms with Crippen molar-refractivity contribution in [2.45, 2.75) is 39.7 Å². The topological polar surface area (TPSA) is 107 Å². The van der Waals surface area contributed by atoms with Crippen molar-refractivity contribution in [3.63, 3.8) is 0 Å². The lowest BCUT2D eigenvalue weighted by Gasteiger charge is -2.39. The Hall–Kier alpha value is -3.00. The van der Waals surface area contributed by atoms with Gasteiger partial charge in [0.2, 0.25) is 5.91 Å². The highest BCUT2D eigenvalue weighted by atomic mass is 35.5. The average molecular weight is 449 g/mol. The van der Waals surface area contributed by atoms with Crippen molar-refractivity contribution in [1.29, 1.82) is 0 Å². The van der Waals surface area contributed by atoms with Crippen LogP contribution in [0.2, 0.25) is 0 Å². The van der Waals surface area contributed by atoms with E-state index in [9.17, 15) is 9.59 Å². The van der Waals surface area contributed by atoms with E-state index in [-0.39, 0.29) is 24.2 Å². The summed E-state index contributed by atoms with van der Waals surface area (Å²) in [6.45, 7) is 7.59. The standard InChI is InChI=1S/C22H28N4O4.ClH/c1-6-15-20(18(29-5)12-19(23)25-15)14-7-8-17-16(11-14)26(10-9-24-13(2)27)21(28)22(3,4)30-17;/h7-8,11-12H,6,9-10H2,1-5H3,(H2,23,25)(H,24,27);1H. The van der Waals surface area contributed by atoms with E-state index in [1.165, 1.54) is 6.92 Å². The monoisotopic (exact) mass is 448 g/mol. The smallest absolute Gasteiger partial charge is 0.270 e. The quantitative estimate of drug-likeness (QED) is 0.703. The summed E-state index contributed by atoms with van der Waals surface area (Å²) < 4.78 is 11.5. The number of nitrogens with two attached hydrogens (primary N) is 1. The summed E-state index contributed by atoms with van der Waals surface area (Å²) in [4.78, 5) is 30.4. The van der Waals surface area contributed by atoms with Gasteiger partial charge in [0.1, 0.15) is 17.3 Å². The van der Waals surface area contributed by atoms with Crippen LogP contribution in [0.5, 0.6) is 11.5 Å². The number of aromatic nitrogens is 1. The maximum absolute atomic E-state index is 13.1. The first-order chi connectivity index (χ1) is 14.2. The second-order valence-corrected chi connectivity index (χ2v) is 7.66. The zero-order chi connectivity index (χ0) is 22.1. The molecule has 0 unspecified atom stereocenters. The van der Waals surface area contributed by atoms with E-state index in [2.05, 4.69) is 10.3 Å². The molecule has 8 nitrogen and oxygen atoms in total. The van der Waals surface area contributed by atoms with E-state index in [0.717, 1.165) is 16.8 Å². The SMILES string of the molecule is CCc1nc(N)cc(OC)c1-c1ccc2c(c1)N(CCNC(C)=O)C(=O)C(C)(C)O2.Cl. The molecule has 2 heterocycles. The van der Waals surface area contributed by atoms with Crippen molar-refractivity contribution in [1.82, 2.24) is 10.3 Å². The van der Waals surface area contributed by atoms with Crippen molar-refractivity contribution in [3.8, 4) is 22.6 Å². The molecule has 0 bridgehead atoms. The van der Waals surface area contributed by atoms with Crippen LogP contribution in [0.1, 0.15) is 33.4 Å². The lowest BCUT2D eigenvalue weighted by atomic mass is 9.97. The third kappa shape index (κ3) is 4.85. The maximum Gasteiger partial charge on any atom is 0.270 e. The molecule has 9 heteroatoms. The lowest BCUT2D eigenvalue weighted by molar-refractivity contribution is -0.132. The number of hydrogen-bond donors (Lipinski definition) is 2. The first kappa shape index (κ1) is 24.3. The van der Waals surface area contributed by atoms with Crippen LogP contribution in [0, 0.1) is 0 Å². The third-order valence-electron chi connectivity index (χ3n) is 5.01. The average Bonchev–Trinajstić information content (AvgIpc) is 2.69. The summed E-state index contributed by atoms with van der Waals surface area (Å²) >= 11 is 0. The molecular formula is C22H29ClN4O4. The van der Waals surface area contributed by atoms with E-state index >= 15 is 0 Å². The highest BCUT2D eigenvalue weighted by Crippen LogP contribution is 2.43. The van der Waals surface area contributed by atoms with Gasteiger partial charge in [-0.2, -0.15) is 0 Å². The molecule has 3 N–H and O–H groups in total. The predicted octanol–water partition coefficient (Wildman–Crippen LogP) is 2.96. The normalized spacial score (nSPS) is 14.2. The number of nitrogens with zero attached hydrogens (tertiary/aromatic N) is 2. The number of hydrogen-bond acceptors (Lipinski definition) is 6. The number of rotatable bonds is 6. The molecular weight excluding hydrogens is 420 g/mol. The zero-order valence-corrected chi connectivity index (χ0v) is 19.3. The van der Waals surface area contributed by atoms with E-state index < -0.39 is 5.60 Å². The number of aryl methyl sites for hydroxylation is 1. The molecule has 0 spiro atoms. The second-order valence-electron chi connectivity index (χ2n) is 7.66. The van der Waals surface area contributed by atoms with Crippen molar-refractivity contribution in [2.75, 3.05) is 30.8 Å². The fourth-order valence-corrected chi connectivity index (χ4v) is 3.61. The van der Waals surface area contributed by atoms with Gasteiger partial charge in [0, 0.05) is 31.6 Å².